The van der Waals surface area contributed by atoms with Gasteiger partial charge in [-0.15, -0.1) is 0 Å². The number of allylic oxidation sites excluding steroid dienone is 18. The van der Waals surface area contributed by atoms with Gasteiger partial charge >= 0.3 is 17.9 Å². The third-order valence-electron chi connectivity index (χ3n) is 13.5. The van der Waals surface area contributed by atoms with E-state index < -0.39 is 6.10 Å². The van der Waals surface area contributed by atoms with Crippen molar-refractivity contribution in [3.63, 3.8) is 0 Å². The highest BCUT2D eigenvalue weighted by Gasteiger charge is 2.19. The molecule has 0 radical (unpaired) electrons. The van der Waals surface area contributed by atoms with Gasteiger partial charge in [-0.05, 0) is 103 Å². The molecule has 0 aromatic rings. The quantitative estimate of drug-likeness (QED) is 0.0261. The highest BCUT2D eigenvalue weighted by Crippen LogP contribution is 2.16. The van der Waals surface area contributed by atoms with Crippen LogP contribution in [0.5, 0.6) is 0 Å². The summed E-state index contributed by atoms with van der Waals surface area (Å²) in [5.74, 6) is -0.892. The number of hydrogen-bond donors (Lipinski definition) is 0. The summed E-state index contributed by atoms with van der Waals surface area (Å²) in [6, 6.07) is 0. The molecule has 6 heteroatoms. The fraction of sp³-hybridized carbons (Fsp3) is 0.700. The van der Waals surface area contributed by atoms with Crippen molar-refractivity contribution in [2.24, 2.45) is 0 Å². The van der Waals surface area contributed by atoms with Gasteiger partial charge in [0.2, 0.25) is 0 Å². The molecule has 434 valence electrons. The SMILES string of the molecule is CC/C=C\C/C=C\C/C=C\C/C=C\C/C=C\CCCCCCCCCCCCCCCC(=O)OCC(COC(=O)CCCCCCCCCCCC)OC(=O)CCCCCCCC/C=C\C/C=C\C/C=C\C/C=C\CC. The topological polar surface area (TPSA) is 78.9 Å². The van der Waals surface area contributed by atoms with Crippen LogP contribution in [0.2, 0.25) is 0 Å². The van der Waals surface area contributed by atoms with Crippen LogP contribution in [0, 0.1) is 0 Å². The van der Waals surface area contributed by atoms with E-state index in [2.05, 4.69) is 130 Å². The molecular weight excluding hydrogens is 937 g/mol. The maximum Gasteiger partial charge on any atom is 0.306 e. The zero-order valence-corrected chi connectivity index (χ0v) is 49.7. The lowest BCUT2D eigenvalue weighted by atomic mass is 10.0. The maximum absolute atomic E-state index is 12.9. The van der Waals surface area contributed by atoms with Crippen molar-refractivity contribution in [1.82, 2.24) is 0 Å². The zero-order valence-electron chi connectivity index (χ0n) is 49.7. The number of carbonyl (C=O) groups excluding carboxylic acids is 3. The Morgan fingerprint density at radius 2 is 0.513 bits per heavy atom. The van der Waals surface area contributed by atoms with Gasteiger partial charge in [-0.25, -0.2) is 0 Å². The van der Waals surface area contributed by atoms with E-state index in [1.54, 1.807) is 0 Å². The van der Waals surface area contributed by atoms with E-state index in [9.17, 15) is 14.4 Å². The maximum atomic E-state index is 12.9. The predicted octanol–water partition coefficient (Wildman–Crippen LogP) is 21.8. The van der Waals surface area contributed by atoms with Crippen molar-refractivity contribution in [3.8, 4) is 0 Å². The molecular formula is C70H118O6. The zero-order chi connectivity index (χ0) is 55.0. The van der Waals surface area contributed by atoms with Crippen LogP contribution < -0.4 is 0 Å². The number of unbranched alkanes of at least 4 members (excludes halogenated alkanes) is 28. The van der Waals surface area contributed by atoms with Gasteiger partial charge in [-0.2, -0.15) is 0 Å². The molecule has 0 aliphatic carbocycles. The van der Waals surface area contributed by atoms with Crippen molar-refractivity contribution in [2.75, 3.05) is 13.2 Å². The Morgan fingerprint density at radius 3 is 0.803 bits per heavy atom. The monoisotopic (exact) mass is 1050 g/mol. The van der Waals surface area contributed by atoms with Crippen LogP contribution in [0.3, 0.4) is 0 Å². The second-order valence-corrected chi connectivity index (χ2v) is 20.9. The minimum absolute atomic E-state index is 0.0820. The fourth-order valence-electron chi connectivity index (χ4n) is 8.81. The fourth-order valence-corrected chi connectivity index (χ4v) is 8.81. The third kappa shape index (κ3) is 60.9. The molecule has 0 spiro atoms. The molecule has 0 rings (SSSR count). The van der Waals surface area contributed by atoms with Gasteiger partial charge in [-0.3, -0.25) is 14.4 Å². The van der Waals surface area contributed by atoms with E-state index in [0.717, 1.165) is 128 Å². The first-order valence-corrected chi connectivity index (χ1v) is 31.9. The molecule has 0 aliphatic rings. The first-order valence-electron chi connectivity index (χ1n) is 31.9. The molecule has 0 saturated carbocycles. The Balaban J connectivity index is 4.23. The number of carbonyl (C=O) groups is 3. The molecule has 76 heavy (non-hydrogen) atoms. The minimum atomic E-state index is -0.785. The second-order valence-electron chi connectivity index (χ2n) is 20.9. The number of rotatable bonds is 57. The molecule has 0 aromatic heterocycles. The van der Waals surface area contributed by atoms with E-state index in [1.165, 1.54) is 128 Å². The lowest BCUT2D eigenvalue weighted by molar-refractivity contribution is -0.167. The number of hydrogen-bond acceptors (Lipinski definition) is 6. The summed E-state index contributed by atoms with van der Waals surface area (Å²) in [4.78, 5) is 38.2. The van der Waals surface area contributed by atoms with Gasteiger partial charge in [0.05, 0.1) is 0 Å². The van der Waals surface area contributed by atoms with Gasteiger partial charge in [0.1, 0.15) is 13.2 Å². The van der Waals surface area contributed by atoms with Crippen molar-refractivity contribution in [1.29, 1.82) is 0 Å². The van der Waals surface area contributed by atoms with Crippen LogP contribution in [0.1, 0.15) is 297 Å². The van der Waals surface area contributed by atoms with Crippen molar-refractivity contribution >= 4 is 17.9 Å². The first-order chi connectivity index (χ1) is 37.5. The summed E-state index contributed by atoms with van der Waals surface area (Å²) < 4.78 is 16.9. The van der Waals surface area contributed by atoms with Crippen molar-refractivity contribution in [3.05, 3.63) is 109 Å². The Labute approximate surface area is 470 Å². The van der Waals surface area contributed by atoms with Crippen LogP contribution in [0.25, 0.3) is 0 Å². The Bertz CT molecular complexity index is 1540. The normalized spacial score (nSPS) is 12.8. The summed E-state index contributed by atoms with van der Waals surface area (Å²) in [5.41, 5.74) is 0. The minimum Gasteiger partial charge on any atom is -0.462 e. The Hall–Kier alpha value is -3.93. The highest BCUT2D eigenvalue weighted by atomic mass is 16.6. The lowest BCUT2D eigenvalue weighted by Gasteiger charge is -2.18. The van der Waals surface area contributed by atoms with E-state index in [-0.39, 0.29) is 31.1 Å². The van der Waals surface area contributed by atoms with E-state index in [4.69, 9.17) is 14.2 Å². The lowest BCUT2D eigenvalue weighted by Crippen LogP contribution is -2.30. The van der Waals surface area contributed by atoms with Crippen LogP contribution in [-0.2, 0) is 28.6 Å². The molecule has 0 aromatic carbocycles. The van der Waals surface area contributed by atoms with Gasteiger partial charge < -0.3 is 14.2 Å². The molecule has 0 N–H and O–H groups in total. The second kappa shape index (κ2) is 63.6. The van der Waals surface area contributed by atoms with Gasteiger partial charge in [0.15, 0.2) is 6.10 Å². The molecule has 0 fully saturated rings. The van der Waals surface area contributed by atoms with Crippen LogP contribution in [-0.4, -0.2) is 37.2 Å². The Morgan fingerprint density at radius 1 is 0.276 bits per heavy atom. The summed E-state index contributed by atoms with van der Waals surface area (Å²) >= 11 is 0. The standard InChI is InChI=1S/C70H118O6/c1-4-7-10-13-16-19-22-24-26-28-30-31-32-33-34-35-36-37-38-39-41-42-44-46-48-51-54-57-60-63-69(72)75-66-67(65-74-68(71)62-59-56-53-50-21-18-15-12-9-6-3)76-70(73)64-61-58-55-52-49-47-45-43-40-29-27-25-23-20-17-14-11-8-5-2/h7-8,10-11,16-17,19-20,24-27,30-31,33-34,40,43,67H,4-6,9,12-15,18,21-23,28-29,32,35-39,41-42,44-66H2,1-3H3/b10-7-,11-8-,19-16-,20-17-,26-24-,27-25-,31-30-,34-33-,43-40-. The van der Waals surface area contributed by atoms with Crippen LogP contribution >= 0.6 is 0 Å². The summed E-state index contributed by atoms with van der Waals surface area (Å²) in [7, 11) is 0. The largest absolute Gasteiger partial charge is 0.462 e. The average Bonchev–Trinajstić information content (AvgIpc) is 3.42. The summed E-state index contributed by atoms with van der Waals surface area (Å²) in [5, 5.41) is 0. The molecule has 6 nitrogen and oxygen atoms in total. The number of esters is 3. The van der Waals surface area contributed by atoms with Crippen molar-refractivity contribution in [2.45, 2.75) is 303 Å². The van der Waals surface area contributed by atoms with Gasteiger partial charge in [0, 0.05) is 19.3 Å². The number of ether oxygens (including phenoxy) is 3. The Kier molecular flexibility index (Phi) is 60.3. The highest BCUT2D eigenvalue weighted by molar-refractivity contribution is 5.71. The van der Waals surface area contributed by atoms with Gasteiger partial charge in [-0.1, -0.05) is 284 Å². The van der Waals surface area contributed by atoms with Gasteiger partial charge in [0.25, 0.3) is 0 Å². The van der Waals surface area contributed by atoms with E-state index >= 15 is 0 Å². The van der Waals surface area contributed by atoms with Crippen LogP contribution in [0.15, 0.2) is 109 Å². The third-order valence-corrected chi connectivity index (χ3v) is 13.5. The molecule has 0 amide bonds. The first kappa shape index (κ1) is 72.1. The molecule has 0 aliphatic heterocycles. The van der Waals surface area contributed by atoms with Crippen LogP contribution in [0.4, 0.5) is 0 Å². The molecule has 0 heterocycles. The average molecular weight is 1060 g/mol. The van der Waals surface area contributed by atoms with E-state index in [0.29, 0.717) is 19.3 Å². The molecule has 1 atom stereocenters. The predicted molar refractivity (Wildman–Crippen MR) is 330 cm³/mol. The molecule has 1 unspecified atom stereocenters. The smallest absolute Gasteiger partial charge is 0.306 e. The molecule has 0 saturated heterocycles. The molecule has 0 bridgehead atoms. The van der Waals surface area contributed by atoms with E-state index in [1.807, 2.05) is 0 Å². The summed E-state index contributed by atoms with van der Waals surface area (Å²) in [6.07, 6.45) is 86.7. The van der Waals surface area contributed by atoms with Crippen molar-refractivity contribution < 1.29 is 28.6 Å². The summed E-state index contributed by atoms with van der Waals surface area (Å²) in [6.45, 7) is 6.41.